The van der Waals surface area contributed by atoms with Crippen LogP contribution >= 0.6 is 0 Å². The van der Waals surface area contributed by atoms with Crippen LogP contribution in [-0.4, -0.2) is 22.4 Å². The fraction of sp³-hybridized carbons (Fsp3) is 0.111. The number of rotatable bonds is 6. The molecule has 0 aliphatic carbocycles. The van der Waals surface area contributed by atoms with Gasteiger partial charge in [0.05, 0.1) is 7.11 Å². The summed E-state index contributed by atoms with van der Waals surface area (Å²) in [6.07, 6.45) is 0. The molecule has 5 nitrogen and oxygen atoms in total. The van der Waals surface area contributed by atoms with Gasteiger partial charge in [0.2, 0.25) is 0 Å². The van der Waals surface area contributed by atoms with Crippen LogP contribution in [0, 0.1) is 6.92 Å². The molecule has 0 heterocycles. The van der Waals surface area contributed by atoms with Gasteiger partial charge in [-0.05, 0) is 59.5 Å². The summed E-state index contributed by atoms with van der Waals surface area (Å²) in [5.41, 5.74) is 4.52. The van der Waals surface area contributed by atoms with E-state index in [0.717, 1.165) is 16.7 Å². The lowest BCUT2D eigenvalue weighted by Crippen LogP contribution is -1.96. The van der Waals surface area contributed by atoms with E-state index in [2.05, 4.69) is 0 Å². The molecule has 4 aromatic carbocycles. The van der Waals surface area contributed by atoms with Crippen molar-refractivity contribution in [1.29, 1.82) is 0 Å². The second-order valence-electron chi connectivity index (χ2n) is 7.50. The Morgan fingerprint density at radius 3 is 2.12 bits per heavy atom. The number of ether oxygens (including phenoxy) is 2. The first-order chi connectivity index (χ1) is 15.5. The Morgan fingerprint density at radius 1 is 0.781 bits per heavy atom. The van der Waals surface area contributed by atoms with E-state index >= 15 is 0 Å². The maximum atomic E-state index is 11.0. The van der Waals surface area contributed by atoms with Gasteiger partial charge in [-0.25, -0.2) is 0 Å². The number of methoxy groups -OCH3 is 1. The van der Waals surface area contributed by atoms with Crippen LogP contribution in [0.4, 0.5) is 0 Å². The van der Waals surface area contributed by atoms with Crippen LogP contribution in [-0.2, 0) is 6.61 Å². The summed E-state index contributed by atoms with van der Waals surface area (Å²) < 4.78 is 11.3. The van der Waals surface area contributed by atoms with Gasteiger partial charge in [-0.1, -0.05) is 48.5 Å². The topological polar surface area (TPSA) is 79.2 Å². The maximum absolute atomic E-state index is 11.0. The zero-order valence-electron chi connectivity index (χ0n) is 17.9. The molecule has 32 heavy (non-hydrogen) atoms. The van der Waals surface area contributed by atoms with E-state index in [1.165, 1.54) is 7.11 Å². The van der Waals surface area contributed by atoms with Gasteiger partial charge in [-0.15, -0.1) is 0 Å². The fourth-order valence-corrected chi connectivity index (χ4v) is 3.74. The van der Waals surface area contributed by atoms with Crippen LogP contribution in [0.25, 0.3) is 22.3 Å². The normalized spacial score (nSPS) is 10.7. The van der Waals surface area contributed by atoms with Crippen LogP contribution in [0.15, 0.2) is 78.9 Å². The van der Waals surface area contributed by atoms with Gasteiger partial charge in [0, 0.05) is 11.1 Å². The summed E-state index contributed by atoms with van der Waals surface area (Å²) in [6, 6.07) is 23.4. The van der Waals surface area contributed by atoms with Crippen molar-refractivity contribution in [2.45, 2.75) is 13.5 Å². The highest BCUT2D eigenvalue weighted by atomic mass is 16.5. The summed E-state index contributed by atoms with van der Waals surface area (Å²) in [7, 11) is 1.50. The molecule has 0 fully saturated rings. The van der Waals surface area contributed by atoms with Crippen molar-refractivity contribution >= 4 is 0 Å². The highest BCUT2D eigenvalue weighted by molar-refractivity contribution is 5.86. The van der Waals surface area contributed by atoms with Gasteiger partial charge in [-0.3, -0.25) is 0 Å². The average Bonchev–Trinajstić information content (AvgIpc) is 2.79. The molecule has 0 unspecified atom stereocenters. The van der Waals surface area contributed by atoms with Crippen molar-refractivity contribution in [1.82, 2.24) is 0 Å². The molecule has 0 aliphatic heterocycles. The van der Waals surface area contributed by atoms with E-state index in [1.54, 1.807) is 42.5 Å². The molecule has 0 saturated carbocycles. The molecule has 4 aromatic rings. The third-order valence-electron chi connectivity index (χ3n) is 5.32. The smallest absolute Gasteiger partial charge is 0.168 e. The van der Waals surface area contributed by atoms with Crippen LogP contribution in [0.2, 0.25) is 0 Å². The molecule has 0 aromatic heterocycles. The second kappa shape index (κ2) is 8.94. The van der Waals surface area contributed by atoms with Gasteiger partial charge in [-0.2, -0.15) is 0 Å². The van der Waals surface area contributed by atoms with E-state index < -0.39 is 0 Å². The molecule has 0 bridgehead atoms. The number of phenolic OH excluding ortho intramolecular Hbond substituents is 3. The standard InChI is InChI=1S/C27H24O5/c1-17-14-22(19-8-11-21(28)12-9-19)27(31-2)26(30)25(17)20-10-13-24(23(29)15-20)32-16-18-6-4-3-5-7-18/h3-15,28-30H,16H2,1-2H3. The Morgan fingerprint density at radius 2 is 1.47 bits per heavy atom. The number of benzene rings is 4. The molecule has 0 amide bonds. The molecule has 162 valence electrons. The number of aromatic hydroxyl groups is 3. The SMILES string of the molecule is COc1c(-c2ccc(O)cc2)cc(C)c(-c2ccc(OCc3ccccc3)c(O)c2)c1O. The monoisotopic (exact) mass is 428 g/mol. The summed E-state index contributed by atoms with van der Waals surface area (Å²) in [6.45, 7) is 2.22. The van der Waals surface area contributed by atoms with E-state index in [1.807, 2.05) is 43.3 Å². The first kappa shape index (κ1) is 21.1. The Bertz CT molecular complexity index is 1230. The lowest BCUT2D eigenvalue weighted by Gasteiger charge is -2.18. The van der Waals surface area contributed by atoms with E-state index in [-0.39, 0.29) is 17.2 Å². The molecule has 0 atom stereocenters. The molecule has 0 radical (unpaired) electrons. The van der Waals surface area contributed by atoms with E-state index in [0.29, 0.717) is 34.8 Å². The van der Waals surface area contributed by atoms with Gasteiger partial charge in [0.1, 0.15) is 12.4 Å². The van der Waals surface area contributed by atoms with Gasteiger partial charge < -0.3 is 24.8 Å². The Labute approximate surface area is 186 Å². The minimum Gasteiger partial charge on any atom is -0.508 e. The van der Waals surface area contributed by atoms with Crippen LogP contribution < -0.4 is 9.47 Å². The molecule has 0 saturated heterocycles. The van der Waals surface area contributed by atoms with E-state index in [9.17, 15) is 15.3 Å². The summed E-state index contributed by atoms with van der Waals surface area (Å²) in [5, 5.41) is 31.1. The predicted octanol–water partition coefficient (Wildman–Crippen LogP) is 6.03. The first-order valence-electron chi connectivity index (χ1n) is 10.2. The number of phenols is 3. The third-order valence-corrected chi connectivity index (χ3v) is 5.32. The minimum absolute atomic E-state index is 0.0150. The number of aryl methyl sites for hydroxylation is 1. The molecular formula is C27H24O5. The molecule has 0 spiro atoms. The largest absolute Gasteiger partial charge is 0.508 e. The zero-order chi connectivity index (χ0) is 22.7. The summed E-state index contributed by atoms with van der Waals surface area (Å²) >= 11 is 0. The first-order valence-corrected chi connectivity index (χ1v) is 10.2. The highest BCUT2D eigenvalue weighted by Crippen LogP contribution is 2.47. The average molecular weight is 428 g/mol. The van der Waals surface area contributed by atoms with Crippen molar-refractivity contribution < 1.29 is 24.8 Å². The van der Waals surface area contributed by atoms with Crippen molar-refractivity contribution in [2.75, 3.05) is 7.11 Å². The van der Waals surface area contributed by atoms with Crippen molar-refractivity contribution in [3.05, 3.63) is 90.0 Å². The molecule has 0 aliphatic rings. The Kier molecular flexibility index (Phi) is 5.90. The summed E-state index contributed by atoms with van der Waals surface area (Å²) in [5.74, 6) is 0.810. The lowest BCUT2D eigenvalue weighted by molar-refractivity contribution is 0.289. The zero-order valence-corrected chi connectivity index (χ0v) is 17.9. The van der Waals surface area contributed by atoms with Crippen LogP contribution in [0.1, 0.15) is 11.1 Å². The number of hydrogen-bond donors (Lipinski definition) is 3. The van der Waals surface area contributed by atoms with Crippen molar-refractivity contribution in [2.24, 2.45) is 0 Å². The fourth-order valence-electron chi connectivity index (χ4n) is 3.74. The Hall–Kier alpha value is -4.12. The molecule has 4 rings (SSSR count). The predicted molar refractivity (Wildman–Crippen MR) is 124 cm³/mol. The van der Waals surface area contributed by atoms with Gasteiger partial charge in [0.15, 0.2) is 23.0 Å². The quantitative estimate of drug-likeness (QED) is 0.349. The minimum atomic E-state index is -0.0204. The summed E-state index contributed by atoms with van der Waals surface area (Å²) in [4.78, 5) is 0. The molecule has 5 heteroatoms. The molecular weight excluding hydrogens is 404 g/mol. The lowest BCUT2D eigenvalue weighted by atomic mass is 9.93. The highest BCUT2D eigenvalue weighted by Gasteiger charge is 2.20. The molecule has 3 N–H and O–H groups in total. The van der Waals surface area contributed by atoms with E-state index in [4.69, 9.17) is 9.47 Å². The second-order valence-corrected chi connectivity index (χ2v) is 7.50. The van der Waals surface area contributed by atoms with Crippen LogP contribution in [0.5, 0.6) is 28.7 Å². The van der Waals surface area contributed by atoms with Gasteiger partial charge in [0.25, 0.3) is 0 Å². The maximum Gasteiger partial charge on any atom is 0.168 e. The van der Waals surface area contributed by atoms with Crippen LogP contribution in [0.3, 0.4) is 0 Å². The van der Waals surface area contributed by atoms with Crippen molar-refractivity contribution in [3.8, 4) is 51.0 Å². The number of hydrogen-bond acceptors (Lipinski definition) is 5. The Balaban J connectivity index is 1.68. The van der Waals surface area contributed by atoms with Gasteiger partial charge >= 0.3 is 0 Å². The third kappa shape index (κ3) is 4.18. The van der Waals surface area contributed by atoms with Crippen molar-refractivity contribution in [3.63, 3.8) is 0 Å².